The fraction of sp³-hybridized carbons (Fsp3) is 0.385. The number of nitrogens with one attached hydrogen (secondary N) is 2. The van der Waals surface area contributed by atoms with E-state index < -0.39 is 0 Å². The Morgan fingerprint density at radius 3 is 2.63 bits per heavy atom. The minimum atomic E-state index is -0.335. The molecule has 1 rings (SSSR count). The van der Waals surface area contributed by atoms with Gasteiger partial charge in [0.05, 0.1) is 11.0 Å². The Labute approximate surface area is 120 Å². The number of hydrogen-bond acceptors (Lipinski definition) is 3. The lowest BCUT2D eigenvalue weighted by molar-refractivity contribution is -0.127. The van der Waals surface area contributed by atoms with E-state index in [4.69, 9.17) is 4.74 Å². The molecule has 0 saturated heterocycles. The van der Waals surface area contributed by atoms with Gasteiger partial charge in [0.2, 0.25) is 5.91 Å². The van der Waals surface area contributed by atoms with Gasteiger partial charge in [-0.05, 0) is 47.5 Å². The second-order valence-electron chi connectivity index (χ2n) is 3.95. The van der Waals surface area contributed by atoms with Crippen molar-refractivity contribution in [2.24, 2.45) is 0 Å². The zero-order valence-corrected chi connectivity index (χ0v) is 12.5. The molecule has 0 bridgehead atoms. The van der Waals surface area contributed by atoms with Gasteiger partial charge < -0.3 is 15.4 Å². The largest absolute Gasteiger partial charge is 0.483 e. The maximum absolute atomic E-state index is 11.5. The number of likely N-dealkylation sites (N-methyl/N-ethyl adjacent to an activating group) is 1. The van der Waals surface area contributed by atoms with Gasteiger partial charge in [-0.2, -0.15) is 0 Å². The molecule has 0 spiro atoms. The fourth-order valence-electron chi connectivity index (χ4n) is 1.36. The maximum atomic E-state index is 11.5. The summed E-state index contributed by atoms with van der Waals surface area (Å²) in [5.74, 6) is 0.0462. The molecule has 0 fully saturated rings. The molecular weight excluding hydrogens is 312 g/mol. The summed E-state index contributed by atoms with van der Waals surface area (Å²) in [6, 6.07) is 5.59. The second kappa shape index (κ2) is 7.78. The average molecular weight is 329 g/mol. The Bertz CT molecular complexity index is 463. The minimum Gasteiger partial charge on any atom is -0.483 e. The van der Waals surface area contributed by atoms with Crippen molar-refractivity contribution in [2.45, 2.75) is 13.8 Å². The third-order valence-electron chi connectivity index (χ3n) is 2.27. The van der Waals surface area contributed by atoms with E-state index in [9.17, 15) is 9.59 Å². The van der Waals surface area contributed by atoms with Crippen LogP contribution in [0.5, 0.6) is 5.75 Å². The van der Waals surface area contributed by atoms with Crippen molar-refractivity contribution >= 4 is 27.7 Å². The van der Waals surface area contributed by atoms with Crippen LogP contribution in [0.1, 0.15) is 12.5 Å². The average Bonchev–Trinajstić information content (AvgIpc) is 2.35. The highest BCUT2D eigenvalue weighted by Crippen LogP contribution is 2.25. The van der Waals surface area contributed by atoms with E-state index in [0.717, 1.165) is 10.0 Å². The first kappa shape index (κ1) is 15.5. The molecule has 104 valence electrons. The molecule has 1 aromatic carbocycles. The lowest BCUT2D eigenvalue weighted by atomic mass is 10.2. The van der Waals surface area contributed by atoms with Crippen molar-refractivity contribution in [3.05, 3.63) is 28.2 Å². The van der Waals surface area contributed by atoms with Crippen LogP contribution in [-0.4, -0.2) is 31.5 Å². The second-order valence-corrected chi connectivity index (χ2v) is 4.81. The van der Waals surface area contributed by atoms with Crippen LogP contribution < -0.4 is 15.4 Å². The smallest absolute Gasteiger partial charge is 0.258 e. The summed E-state index contributed by atoms with van der Waals surface area (Å²) in [5, 5.41) is 5.07. The maximum Gasteiger partial charge on any atom is 0.258 e. The van der Waals surface area contributed by atoms with Crippen molar-refractivity contribution in [3.63, 3.8) is 0 Å². The number of carbonyl (C=O) groups is 2. The quantitative estimate of drug-likeness (QED) is 0.829. The van der Waals surface area contributed by atoms with Gasteiger partial charge in [0.1, 0.15) is 5.75 Å². The van der Waals surface area contributed by atoms with Crippen LogP contribution in [0.4, 0.5) is 0 Å². The molecule has 0 unspecified atom stereocenters. The molecule has 2 N–H and O–H groups in total. The topological polar surface area (TPSA) is 67.4 Å². The van der Waals surface area contributed by atoms with E-state index >= 15 is 0 Å². The van der Waals surface area contributed by atoms with Gasteiger partial charge in [0.15, 0.2) is 6.61 Å². The van der Waals surface area contributed by atoms with Crippen molar-refractivity contribution in [2.75, 3.05) is 19.7 Å². The van der Waals surface area contributed by atoms with E-state index in [1.54, 1.807) is 6.07 Å². The molecule has 0 aromatic heterocycles. The predicted molar refractivity (Wildman–Crippen MR) is 76.1 cm³/mol. The van der Waals surface area contributed by atoms with Gasteiger partial charge in [-0.3, -0.25) is 9.59 Å². The Morgan fingerprint density at radius 2 is 2.00 bits per heavy atom. The number of rotatable bonds is 6. The first-order chi connectivity index (χ1) is 9.02. The molecule has 5 nitrogen and oxygen atoms in total. The van der Waals surface area contributed by atoms with E-state index in [1.807, 2.05) is 26.0 Å². The highest BCUT2D eigenvalue weighted by Gasteiger charge is 2.07. The Hall–Kier alpha value is -1.56. The fourth-order valence-corrected chi connectivity index (χ4v) is 1.96. The Balaban J connectivity index is 2.36. The number of ether oxygens (including phenoxy) is 1. The number of halogens is 1. The third-order valence-corrected chi connectivity index (χ3v) is 2.89. The van der Waals surface area contributed by atoms with Crippen LogP contribution in [0, 0.1) is 6.92 Å². The number of aryl methyl sites for hydroxylation is 1. The van der Waals surface area contributed by atoms with Gasteiger partial charge >= 0.3 is 0 Å². The molecular formula is C13H17BrN2O3. The zero-order chi connectivity index (χ0) is 14.3. The van der Waals surface area contributed by atoms with Crippen molar-refractivity contribution in [1.82, 2.24) is 10.6 Å². The molecule has 0 saturated carbocycles. The summed E-state index contributed by atoms with van der Waals surface area (Å²) in [7, 11) is 0. The number of carbonyl (C=O) groups excluding carboxylic acids is 2. The SMILES string of the molecule is CCNC(=O)CNC(=O)COc1ccc(C)cc1Br. The van der Waals surface area contributed by atoms with Crippen molar-refractivity contribution < 1.29 is 14.3 Å². The highest BCUT2D eigenvalue weighted by molar-refractivity contribution is 9.10. The molecule has 0 heterocycles. The summed E-state index contributed by atoms with van der Waals surface area (Å²) >= 11 is 3.36. The lowest BCUT2D eigenvalue weighted by Crippen LogP contribution is -2.38. The monoisotopic (exact) mass is 328 g/mol. The van der Waals surface area contributed by atoms with Gasteiger partial charge in [0.25, 0.3) is 5.91 Å². The summed E-state index contributed by atoms with van der Waals surface area (Å²) < 4.78 is 6.15. The van der Waals surface area contributed by atoms with E-state index in [-0.39, 0.29) is 25.0 Å². The normalized spacial score (nSPS) is 9.84. The molecule has 0 aliphatic carbocycles. The van der Waals surface area contributed by atoms with Gasteiger partial charge in [-0.15, -0.1) is 0 Å². The van der Waals surface area contributed by atoms with E-state index in [0.29, 0.717) is 12.3 Å². The van der Waals surface area contributed by atoms with E-state index in [1.165, 1.54) is 0 Å². The number of amides is 2. The molecule has 1 aromatic rings. The molecule has 0 aliphatic rings. The lowest BCUT2D eigenvalue weighted by Gasteiger charge is -2.09. The van der Waals surface area contributed by atoms with Crippen LogP contribution in [0.25, 0.3) is 0 Å². The molecule has 2 amide bonds. The number of benzene rings is 1. The Kier molecular flexibility index (Phi) is 6.35. The van der Waals surface area contributed by atoms with Gasteiger partial charge in [0, 0.05) is 6.54 Å². The predicted octanol–water partition coefficient (Wildman–Crippen LogP) is 1.39. The zero-order valence-electron chi connectivity index (χ0n) is 11.0. The molecule has 6 heteroatoms. The first-order valence-electron chi connectivity index (χ1n) is 5.95. The van der Waals surface area contributed by atoms with Gasteiger partial charge in [-0.1, -0.05) is 6.07 Å². The van der Waals surface area contributed by atoms with Gasteiger partial charge in [-0.25, -0.2) is 0 Å². The summed E-state index contributed by atoms with van der Waals surface area (Å²) in [4.78, 5) is 22.6. The van der Waals surface area contributed by atoms with Crippen LogP contribution in [0.3, 0.4) is 0 Å². The summed E-state index contributed by atoms with van der Waals surface area (Å²) in [6.07, 6.45) is 0. The molecule has 0 aliphatic heterocycles. The van der Waals surface area contributed by atoms with Crippen molar-refractivity contribution in [1.29, 1.82) is 0 Å². The molecule has 0 radical (unpaired) electrons. The van der Waals surface area contributed by atoms with Crippen LogP contribution in [0.2, 0.25) is 0 Å². The molecule has 0 atom stereocenters. The van der Waals surface area contributed by atoms with E-state index in [2.05, 4.69) is 26.6 Å². The van der Waals surface area contributed by atoms with Crippen LogP contribution >= 0.6 is 15.9 Å². The minimum absolute atomic E-state index is 0.0366. The van der Waals surface area contributed by atoms with Crippen LogP contribution in [-0.2, 0) is 9.59 Å². The summed E-state index contributed by atoms with van der Waals surface area (Å²) in [5.41, 5.74) is 1.10. The van der Waals surface area contributed by atoms with Crippen LogP contribution in [0.15, 0.2) is 22.7 Å². The van der Waals surface area contributed by atoms with Crippen molar-refractivity contribution in [3.8, 4) is 5.75 Å². The molecule has 19 heavy (non-hydrogen) atoms. The third kappa shape index (κ3) is 5.74. The standard InChI is InChI=1S/C13H17BrN2O3/c1-3-15-12(17)7-16-13(18)8-19-11-5-4-9(2)6-10(11)14/h4-6H,3,7-8H2,1-2H3,(H,15,17)(H,16,18). The summed E-state index contributed by atoms with van der Waals surface area (Å²) in [6.45, 7) is 4.17. The Morgan fingerprint density at radius 1 is 1.26 bits per heavy atom. The first-order valence-corrected chi connectivity index (χ1v) is 6.74. The number of hydrogen-bond donors (Lipinski definition) is 2. The highest BCUT2D eigenvalue weighted by atomic mass is 79.9.